The first-order chi connectivity index (χ1) is 14.7. The van der Waals surface area contributed by atoms with E-state index in [-0.39, 0.29) is 17.5 Å². The molecule has 9 heteroatoms. The smallest absolute Gasteiger partial charge is 0.262 e. The maximum Gasteiger partial charge on any atom is 0.262 e. The summed E-state index contributed by atoms with van der Waals surface area (Å²) in [6.45, 7) is 1.50. The van der Waals surface area contributed by atoms with Crippen LogP contribution in [0.25, 0.3) is 0 Å². The lowest BCUT2D eigenvalue weighted by Gasteiger charge is -2.15. The summed E-state index contributed by atoms with van der Waals surface area (Å²) < 4.78 is 33.3. The van der Waals surface area contributed by atoms with Gasteiger partial charge in [0, 0.05) is 11.1 Å². The van der Waals surface area contributed by atoms with Crippen LogP contribution in [-0.4, -0.2) is 20.9 Å². The van der Waals surface area contributed by atoms with Crippen LogP contribution < -0.4 is 14.8 Å². The first-order valence-corrected chi connectivity index (χ1v) is 11.5. The Morgan fingerprint density at radius 3 is 2.32 bits per heavy atom. The molecule has 1 atom stereocenters. The Labute approximate surface area is 191 Å². The number of carbonyl (C=O) groups excluding carboxylic acids is 1. The van der Waals surface area contributed by atoms with Crippen molar-refractivity contribution in [3.8, 4) is 5.75 Å². The van der Waals surface area contributed by atoms with Gasteiger partial charge in [-0.3, -0.25) is 4.79 Å². The molecule has 3 rings (SSSR count). The Morgan fingerprint density at radius 1 is 1.00 bits per heavy atom. The Bertz CT molecular complexity index is 1150. The fraction of sp³-hybridized carbons (Fsp3) is 0.136. The highest BCUT2D eigenvalue weighted by Crippen LogP contribution is 2.25. The average molecular weight is 479 g/mol. The van der Waals surface area contributed by atoms with Crippen molar-refractivity contribution in [2.24, 2.45) is 0 Å². The minimum Gasteiger partial charge on any atom is -0.484 e. The van der Waals surface area contributed by atoms with Crippen molar-refractivity contribution < 1.29 is 17.9 Å². The van der Waals surface area contributed by atoms with E-state index in [1.807, 2.05) is 30.3 Å². The molecule has 0 aliphatic heterocycles. The zero-order valence-corrected chi connectivity index (χ0v) is 18.8. The predicted octanol–water partition coefficient (Wildman–Crippen LogP) is 5.05. The lowest BCUT2D eigenvalue weighted by Crippen LogP contribution is -2.26. The second-order valence-corrected chi connectivity index (χ2v) is 9.24. The van der Waals surface area contributed by atoms with Gasteiger partial charge in [-0.05, 0) is 55.0 Å². The number of ether oxygens (including phenoxy) is 1. The Kier molecular flexibility index (Phi) is 7.56. The standard InChI is InChI=1S/C22H20Cl2N2O4S/c1-15(16-5-3-2-4-6-16)26-31(28,29)19-10-8-18(9-11-19)30-14-22(27)25-21-12-7-17(23)13-20(21)24/h2-13,15,26H,14H2,1H3,(H,25,27)/t15-/m1/s1. The van der Waals surface area contributed by atoms with Gasteiger partial charge >= 0.3 is 0 Å². The van der Waals surface area contributed by atoms with E-state index in [0.717, 1.165) is 5.56 Å². The molecule has 0 fully saturated rings. The summed E-state index contributed by atoms with van der Waals surface area (Å²) in [6.07, 6.45) is 0. The molecule has 0 saturated heterocycles. The Hall–Kier alpha value is -2.58. The van der Waals surface area contributed by atoms with Crippen molar-refractivity contribution in [3.05, 3.63) is 88.4 Å². The van der Waals surface area contributed by atoms with Crippen molar-refractivity contribution >= 4 is 44.8 Å². The lowest BCUT2D eigenvalue weighted by molar-refractivity contribution is -0.118. The molecule has 162 valence electrons. The van der Waals surface area contributed by atoms with Gasteiger partial charge in [-0.15, -0.1) is 0 Å². The molecule has 0 radical (unpaired) electrons. The highest BCUT2D eigenvalue weighted by atomic mass is 35.5. The van der Waals surface area contributed by atoms with Crippen molar-refractivity contribution in [1.29, 1.82) is 0 Å². The van der Waals surface area contributed by atoms with Crippen molar-refractivity contribution in [3.63, 3.8) is 0 Å². The number of amides is 1. The largest absolute Gasteiger partial charge is 0.484 e. The molecule has 31 heavy (non-hydrogen) atoms. The maximum absolute atomic E-state index is 12.6. The summed E-state index contributed by atoms with van der Waals surface area (Å²) in [5.41, 5.74) is 1.28. The van der Waals surface area contributed by atoms with Crippen LogP contribution in [0.5, 0.6) is 5.75 Å². The highest BCUT2D eigenvalue weighted by molar-refractivity contribution is 7.89. The molecule has 2 N–H and O–H groups in total. The number of anilines is 1. The fourth-order valence-electron chi connectivity index (χ4n) is 2.75. The summed E-state index contributed by atoms with van der Waals surface area (Å²) >= 11 is 11.9. The predicted molar refractivity (Wildman–Crippen MR) is 122 cm³/mol. The molecule has 3 aromatic carbocycles. The van der Waals surface area contributed by atoms with E-state index < -0.39 is 15.9 Å². The van der Waals surface area contributed by atoms with Crippen LogP contribution in [0.15, 0.2) is 77.7 Å². The fourth-order valence-corrected chi connectivity index (χ4v) is 4.44. The zero-order chi connectivity index (χ0) is 22.4. The summed E-state index contributed by atoms with van der Waals surface area (Å²) in [5.74, 6) is -0.0633. The molecule has 0 aromatic heterocycles. The van der Waals surface area contributed by atoms with E-state index in [0.29, 0.717) is 21.5 Å². The zero-order valence-electron chi connectivity index (χ0n) is 16.5. The van der Waals surface area contributed by atoms with Crippen LogP contribution in [0.1, 0.15) is 18.5 Å². The van der Waals surface area contributed by atoms with Crippen LogP contribution in [0, 0.1) is 0 Å². The van der Waals surface area contributed by atoms with Crippen LogP contribution in [0.2, 0.25) is 10.0 Å². The van der Waals surface area contributed by atoms with Crippen LogP contribution in [-0.2, 0) is 14.8 Å². The number of rotatable bonds is 8. The molecular weight excluding hydrogens is 459 g/mol. The number of halogens is 2. The summed E-state index contributed by atoms with van der Waals surface area (Å²) in [7, 11) is -3.71. The van der Waals surface area contributed by atoms with E-state index in [2.05, 4.69) is 10.0 Å². The molecule has 0 aliphatic carbocycles. The van der Waals surface area contributed by atoms with Crippen LogP contribution in [0.4, 0.5) is 5.69 Å². The first-order valence-electron chi connectivity index (χ1n) is 9.29. The molecule has 0 spiro atoms. The monoisotopic (exact) mass is 478 g/mol. The third-order valence-electron chi connectivity index (χ3n) is 4.34. The van der Waals surface area contributed by atoms with Crippen LogP contribution in [0.3, 0.4) is 0 Å². The number of benzene rings is 3. The molecule has 3 aromatic rings. The highest BCUT2D eigenvalue weighted by Gasteiger charge is 2.18. The molecule has 0 saturated carbocycles. The molecular formula is C22H20Cl2N2O4S. The van der Waals surface area contributed by atoms with Crippen molar-refractivity contribution in [2.75, 3.05) is 11.9 Å². The molecule has 0 aliphatic rings. The lowest BCUT2D eigenvalue weighted by atomic mass is 10.1. The van der Waals surface area contributed by atoms with E-state index in [9.17, 15) is 13.2 Å². The average Bonchev–Trinajstić information content (AvgIpc) is 2.75. The minimum atomic E-state index is -3.71. The van der Waals surface area contributed by atoms with Gasteiger partial charge in [0.2, 0.25) is 10.0 Å². The van der Waals surface area contributed by atoms with Gasteiger partial charge in [0.1, 0.15) is 5.75 Å². The van der Waals surface area contributed by atoms with Gasteiger partial charge in [0.25, 0.3) is 5.91 Å². The Balaban J connectivity index is 1.57. The number of hydrogen-bond donors (Lipinski definition) is 2. The van der Waals surface area contributed by atoms with Gasteiger partial charge < -0.3 is 10.1 Å². The summed E-state index contributed by atoms with van der Waals surface area (Å²) in [5, 5.41) is 3.39. The number of nitrogens with one attached hydrogen (secondary N) is 2. The second kappa shape index (κ2) is 10.2. The number of hydrogen-bond acceptors (Lipinski definition) is 4. The quantitative estimate of drug-likeness (QED) is 0.474. The van der Waals surface area contributed by atoms with E-state index in [4.69, 9.17) is 27.9 Å². The first kappa shape index (κ1) is 23.1. The van der Waals surface area contributed by atoms with Crippen LogP contribution >= 0.6 is 23.2 Å². The van der Waals surface area contributed by atoms with Gasteiger partial charge in [-0.2, -0.15) is 0 Å². The third kappa shape index (κ3) is 6.45. The summed E-state index contributed by atoms with van der Waals surface area (Å²) in [6, 6.07) is 19.4. The molecule has 0 heterocycles. The van der Waals surface area contributed by atoms with Gasteiger partial charge in [-0.1, -0.05) is 53.5 Å². The Morgan fingerprint density at radius 2 is 1.68 bits per heavy atom. The van der Waals surface area contributed by atoms with Gasteiger partial charge in [0.05, 0.1) is 15.6 Å². The van der Waals surface area contributed by atoms with Crippen molar-refractivity contribution in [1.82, 2.24) is 4.72 Å². The molecule has 1 amide bonds. The van der Waals surface area contributed by atoms with E-state index >= 15 is 0 Å². The maximum atomic E-state index is 12.6. The SMILES string of the molecule is C[C@@H](NS(=O)(=O)c1ccc(OCC(=O)Nc2ccc(Cl)cc2Cl)cc1)c1ccccc1. The minimum absolute atomic E-state index is 0.0972. The topological polar surface area (TPSA) is 84.5 Å². The van der Waals surface area contributed by atoms with Gasteiger partial charge in [0.15, 0.2) is 6.61 Å². The van der Waals surface area contributed by atoms with Crippen molar-refractivity contribution in [2.45, 2.75) is 17.9 Å². The normalized spacial score (nSPS) is 12.2. The van der Waals surface area contributed by atoms with E-state index in [1.165, 1.54) is 30.3 Å². The molecule has 6 nitrogen and oxygen atoms in total. The summed E-state index contributed by atoms with van der Waals surface area (Å²) in [4.78, 5) is 12.2. The second-order valence-electron chi connectivity index (χ2n) is 6.69. The number of carbonyl (C=O) groups is 1. The van der Waals surface area contributed by atoms with Gasteiger partial charge in [-0.25, -0.2) is 13.1 Å². The number of sulfonamides is 1. The van der Waals surface area contributed by atoms with E-state index in [1.54, 1.807) is 19.1 Å². The molecule has 0 bridgehead atoms. The molecule has 0 unspecified atom stereocenters. The third-order valence-corrected chi connectivity index (χ3v) is 6.45.